The van der Waals surface area contributed by atoms with Gasteiger partial charge in [0.05, 0.1) is 16.7 Å². The zero-order chi connectivity index (χ0) is 38.5. The number of rotatable bonds is 3. The first-order valence-corrected chi connectivity index (χ1v) is 19.7. The third-order valence-electron chi connectivity index (χ3n) is 11.8. The number of nitrogens with zero attached hydrogens (tertiary/aromatic N) is 2. The maximum Gasteiger partial charge on any atom is 0.297 e. The largest absolute Gasteiger partial charge is 0.467 e. The number of furan rings is 2. The fraction of sp³-hybridized carbons (Fsp3) is 0.176. The molecule has 0 bridgehead atoms. The topological polar surface area (TPSA) is 32.8 Å². The number of hydrogen-bond acceptors (Lipinski definition) is 4. The van der Waals surface area contributed by atoms with Gasteiger partial charge in [0.25, 0.3) is 6.71 Å². The quantitative estimate of drug-likeness (QED) is 0.170. The van der Waals surface area contributed by atoms with E-state index in [9.17, 15) is 0 Å². The fourth-order valence-corrected chi connectivity index (χ4v) is 9.05. The Bertz CT molecular complexity index is 2870. The number of hydrogen-bond donors (Lipinski definition) is 0. The summed E-state index contributed by atoms with van der Waals surface area (Å²) in [5.74, 6) is 0. The minimum Gasteiger partial charge on any atom is -0.467 e. The third kappa shape index (κ3) is 5.14. The summed E-state index contributed by atoms with van der Waals surface area (Å²) in [6, 6.07) is 37.6. The van der Waals surface area contributed by atoms with Crippen LogP contribution in [0.5, 0.6) is 0 Å². The molecule has 4 heterocycles. The number of benzene rings is 5. The van der Waals surface area contributed by atoms with E-state index in [1.807, 2.05) is 18.2 Å². The molecule has 274 valence electrons. The summed E-state index contributed by atoms with van der Waals surface area (Å²) < 4.78 is 13.9. The van der Waals surface area contributed by atoms with Gasteiger partial charge in [-0.15, -0.1) is 0 Å². The van der Waals surface area contributed by atoms with E-state index in [1.165, 1.54) is 27.6 Å². The van der Waals surface area contributed by atoms with Gasteiger partial charge < -0.3 is 18.6 Å². The van der Waals surface area contributed by atoms with E-state index in [1.54, 1.807) is 0 Å². The number of fused-ring (bicyclic) bond motifs is 8. The van der Waals surface area contributed by atoms with Crippen molar-refractivity contribution in [1.29, 1.82) is 0 Å². The highest BCUT2D eigenvalue weighted by atomic mass is 16.3. The van der Waals surface area contributed by atoms with Crippen molar-refractivity contribution >= 4 is 79.2 Å². The molecule has 5 aromatic carbocycles. The van der Waals surface area contributed by atoms with Crippen LogP contribution in [-0.2, 0) is 10.8 Å². The third-order valence-corrected chi connectivity index (χ3v) is 11.8. The minimum absolute atomic E-state index is 0.0266. The molecule has 0 saturated carbocycles. The first kappa shape index (κ1) is 34.3. The van der Waals surface area contributed by atoms with Crippen LogP contribution in [-0.4, -0.2) is 6.71 Å². The molecule has 0 saturated heterocycles. The molecule has 0 N–H and O–H groups in total. The predicted octanol–water partition coefficient (Wildman–Crippen LogP) is 12.9. The summed E-state index contributed by atoms with van der Waals surface area (Å²) >= 11 is 0. The second-order valence-corrected chi connectivity index (χ2v) is 17.4. The second-order valence-electron chi connectivity index (χ2n) is 17.4. The monoisotopic (exact) mass is 728 g/mol. The lowest BCUT2D eigenvalue weighted by atomic mass is 9.33. The number of para-hydroxylation sites is 1. The van der Waals surface area contributed by atoms with Crippen molar-refractivity contribution in [2.45, 2.75) is 58.8 Å². The summed E-state index contributed by atoms with van der Waals surface area (Å²) in [5.41, 5.74) is 16.5. The zero-order valence-corrected chi connectivity index (χ0v) is 33.0. The van der Waals surface area contributed by atoms with Gasteiger partial charge in [0.1, 0.15) is 16.7 Å². The summed E-state index contributed by atoms with van der Waals surface area (Å²) in [7, 11) is 0. The van der Waals surface area contributed by atoms with Crippen LogP contribution < -0.4 is 20.9 Å². The van der Waals surface area contributed by atoms with E-state index in [4.69, 9.17) is 8.83 Å². The van der Waals surface area contributed by atoms with Gasteiger partial charge in [-0.2, -0.15) is 0 Å². The van der Waals surface area contributed by atoms with E-state index in [-0.39, 0.29) is 17.5 Å². The molecule has 3 aliphatic rings. The highest BCUT2D eigenvalue weighted by Gasteiger charge is 2.49. The minimum atomic E-state index is -0.190. The van der Waals surface area contributed by atoms with E-state index in [0.29, 0.717) is 0 Å². The van der Waals surface area contributed by atoms with Crippen molar-refractivity contribution < 1.29 is 8.83 Å². The maximum atomic E-state index is 7.44. The molecule has 0 unspecified atom stereocenters. The highest BCUT2D eigenvalue weighted by molar-refractivity contribution is 6.95. The molecule has 0 fully saturated rings. The zero-order valence-electron chi connectivity index (χ0n) is 33.0. The normalized spacial score (nSPS) is 17.4. The van der Waals surface area contributed by atoms with Crippen LogP contribution in [0, 0.1) is 0 Å². The lowest BCUT2D eigenvalue weighted by molar-refractivity contribution is 0.590. The van der Waals surface area contributed by atoms with E-state index < -0.39 is 0 Å². The van der Waals surface area contributed by atoms with Gasteiger partial charge in [0.2, 0.25) is 0 Å². The molecular weight excluding hydrogens is 683 g/mol. The van der Waals surface area contributed by atoms with Gasteiger partial charge in [-0.1, -0.05) is 127 Å². The van der Waals surface area contributed by atoms with Gasteiger partial charge in [-0.05, 0) is 106 Å². The van der Waals surface area contributed by atoms with Crippen LogP contribution in [0.4, 0.5) is 28.4 Å². The van der Waals surface area contributed by atoms with Crippen LogP contribution in [0.25, 0.3) is 32.9 Å². The Balaban J connectivity index is 1.33. The summed E-state index contributed by atoms with van der Waals surface area (Å²) in [6.45, 7) is 17.7. The van der Waals surface area contributed by atoms with Crippen molar-refractivity contribution in [1.82, 2.24) is 0 Å². The molecule has 0 radical (unpaired) electrons. The Kier molecular flexibility index (Phi) is 7.60. The van der Waals surface area contributed by atoms with Gasteiger partial charge >= 0.3 is 0 Å². The predicted molar refractivity (Wildman–Crippen MR) is 237 cm³/mol. The van der Waals surface area contributed by atoms with Gasteiger partial charge in [-0.25, -0.2) is 0 Å². The molecule has 0 atom stereocenters. The van der Waals surface area contributed by atoms with Gasteiger partial charge in [0.15, 0.2) is 0 Å². The molecule has 10 rings (SSSR count). The molecule has 5 heteroatoms. The van der Waals surface area contributed by atoms with Crippen molar-refractivity contribution in [3.63, 3.8) is 0 Å². The Morgan fingerprint density at radius 1 is 0.661 bits per heavy atom. The van der Waals surface area contributed by atoms with Crippen LogP contribution >= 0.6 is 0 Å². The van der Waals surface area contributed by atoms with Crippen LogP contribution in [0.1, 0.15) is 59.1 Å². The average molecular weight is 729 g/mol. The Labute approximate surface area is 329 Å². The van der Waals surface area contributed by atoms with Crippen LogP contribution in [0.2, 0.25) is 0 Å². The van der Waals surface area contributed by atoms with Crippen molar-refractivity contribution in [3.05, 3.63) is 174 Å². The first-order valence-electron chi connectivity index (χ1n) is 19.7. The molecule has 0 amide bonds. The molecule has 2 aliphatic heterocycles. The first-order chi connectivity index (χ1) is 27.0. The summed E-state index contributed by atoms with van der Waals surface area (Å²) in [5, 5.41) is 3.12. The molecular formula is C51H45BN2O2. The Morgan fingerprint density at radius 3 is 1.96 bits per heavy atom. The highest BCUT2D eigenvalue weighted by Crippen LogP contribution is 2.50. The number of anilines is 5. The number of allylic oxidation sites excluding steroid dienone is 8. The van der Waals surface area contributed by atoms with Gasteiger partial charge in [0, 0.05) is 39.2 Å². The van der Waals surface area contributed by atoms with Crippen LogP contribution in [0.3, 0.4) is 0 Å². The fourth-order valence-electron chi connectivity index (χ4n) is 9.05. The average Bonchev–Trinajstić information content (AvgIpc) is 3.77. The molecule has 56 heavy (non-hydrogen) atoms. The van der Waals surface area contributed by atoms with Crippen molar-refractivity contribution in [3.8, 4) is 0 Å². The van der Waals surface area contributed by atoms with E-state index in [2.05, 4.69) is 179 Å². The summed E-state index contributed by atoms with van der Waals surface area (Å²) in [4.78, 5) is 4.88. The SMILES string of the molecule is C=CC=C1/C(=C2/C=CC=CC2)B2c3oc4c(ccc5oc6ccccc6c54)c3N(c3ccc(C(C)(C)C)cc3)c3cccc(c32)N1c1ccc(C(C)(C)C)cc1. The second kappa shape index (κ2) is 12.4. The van der Waals surface area contributed by atoms with Crippen molar-refractivity contribution in [2.24, 2.45) is 0 Å². The van der Waals surface area contributed by atoms with Crippen molar-refractivity contribution in [2.75, 3.05) is 9.80 Å². The van der Waals surface area contributed by atoms with Gasteiger partial charge in [-0.3, -0.25) is 0 Å². The Hall–Kier alpha value is -6.20. The van der Waals surface area contributed by atoms with E-state index in [0.717, 1.165) is 79.1 Å². The van der Waals surface area contributed by atoms with Crippen LogP contribution in [0.15, 0.2) is 172 Å². The Morgan fingerprint density at radius 2 is 1.32 bits per heavy atom. The molecule has 4 nitrogen and oxygen atoms in total. The molecule has 2 aromatic heterocycles. The molecule has 0 spiro atoms. The molecule has 7 aromatic rings. The standard InChI is InChI=1S/C51H45BN2O2/c1-8-15-39-45(32-16-10-9-11-17-32)52-46-40(53(39)35-26-22-33(23-27-35)50(2,3)4)19-14-20-41(46)54(36-28-24-34(25-29-36)51(5,6)7)47-38-30-31-43-44(48(38)56-49(47)52)37-18-12-13-21-42(37)55-43/h8-16,18-31H,1,17H2,2-7H3/b39-15?,45-32+. The smallest absolute Gasteiger partial charge is 0.297 e. The molecule has 1 aliphatic carbocycles. The lowest BCUT2D eigenvalue weighted by Gasteiger charge is -2.44. The van der Waals surface area contributed by atoms with E-state index >= 15 is 0 Å². The maximum absolute atomic E-state index is 7.44. The lowest BCUT2D eigenvalue weighted by Crippen LogP contribution is -2.56. The summed E-state index contributed by atoms with van der Waals surface area (Å²) in [6.07, 6.45) is 13.8.